The average Bonchev–Trinajstić information content (AvgIpc) is 3.14. The van der Waals surface area contributed by atoms with Crippen LogP contribution in [0.25, 0.3) is 21.3 Å². The molecule has 9 heteroatoms. The minimum Gasteiger partial charge on any atom is -0.324 e. The third kappa shape index (κ3) is 4.68. The Morgan fingerprint density at radius 1 is 1.03 bits per heavy atom. The lowest BCUT2D eigenvalue weighted by atomic mass is 10.1. The molecule has 0 aliphatic rings. The maximum atomic E-state index is 12.4. The highest BCUT2D eigenvalue weighted by Gasteiger charge is 2.15. The monoisotopic (exact) mass is 479 g/mol. The first kappa shape index (κ1) is 20.4. The number of hydrogen-bond acceptors (Lipinski definition) is 5. The van der Waals surface area contributed by atoms with Crippen LogP contribution in [-0.4, -0.2) is 21.6 Å². The van der Waals surface area contributed by atoms with Crippen LogP contribution >= 0.6 is 57.9 Å². The summed E-state index contributed by atoms with van der Waals surface area (Å²) in [5.41, 5.74) is 2.56. The lowest BCUT2D eigenvalue weighted by molar-refractivity contribution is -0.113. The van der Waals surface area contributed by atoms with Gasteiger partial charge in [0.05, 0.1) is 21.8 Å². The van der Waals surface area contributed by atoms with Gasteiger partial charge in [-0.25, -0.2) is 9.97 Å². The van der Waals surface area contributed by atoms with E-state index in [0.717, 1.165) is 26.4 Å². The normalized spacial score (nSPS) is 11.0. The van der Waals surface area contributed by atoms with E-state index in [0.29, 0.717) is 20.8 Å². The summed E-state index contributed by atoms with van der Waals surface area (Å²) in [4.78, 5) is 22.0. The largest absolute Gasteiger partial charge is 0.324 e. The van der Waals surface area contributed by atoms with Crippen molar-refractivity contribution < 1.29 is 4.79 Å². The first-order valence-corrected chi connectivity index (χ1v) is 11.4. The second kappa shape index (κ2) is 8.90. The minimum atomic E-state index is -0.186. The van der Waals surface area contributed by atoms with E-state index in [1.165, 1.54) is 29.4 Å². The van der Waals surface area contributed by atoms with Crippen molar-refractivity contribution in [2.45, 2.75) is 5.03 Å². The zero-order valence-corrected chi connectivity index (χ0v) is 18.6. The zero-order chi connectivity index (χ0) is 20.4. The Kier molecular flexibility index (Phi) is 6.27. The fourth-order valence-corrected chi connectivity index (χ4v) is 5.08. The van der Waals surface area contributed by atoms with Crippen molar-refractivity contribution in [1.29, 1.82) is 0 Å². The summed E-state index contributed by atoms with van der Waals surface area (Å²) in [5, 5.41) is 8.10. The van der Waals surface area contributed by atoms with Crippen LogP contribution in [0.15, 0.2) is 59.2 Å². The molecule has 0 bridgehead atoms. The molecule has 0 aliphatic carbocycles. The van der Waals surface area contributed by atoms with E-state index >= 15 is 0 Å². The maximum Gasteiger partial charge on any atom is 0.234 e. The third-order valence-corrected chi connectivity index (χ3v) is 6.71. The molecular formula is C20H12Cl3N3OS2. The number of benzene rings is 2. The maximum absolute atomic E-state index is 12.4. The van der Waals surface area contributed by atoms with Crippen molar-refractivity contribution in [3.8, 4) is 11.1 Å². The first-order valence-electron chi connectivity index (χ1n) is 8.37. The molecule has 0 spiro atoms. The number of carbonyl (C=O) groups excluding carboxylic acids is 1. The number of hydrogen-bond donors (Lipinski definition) is 1. The molecule has 4 rings (SSSR count). The molecule has 0 radical (unpaired) electrons. The van der Waals surface area contributed by atoms with Crippen LogP contribution in [0.1, 0.15) is 0 Å². The van der Waals surface area contributed by atoms with Crippen molar-refractivity contribution in [3.63, 3.8) is 0 Å². The number of aromatic nitrogens is 2. The Morgan fingerprint density at radius 3 is 2.55 bits per heavy atom. The number of fused-ring (bicyclic) bond motifs is 1. The van der Waals surface area contributed by atoms with Crippen LogP contribution < -0.4 is 5.32 Å². The highest BCUT2D eigenvalue weighted by Crippen LogP contribution is 2.38. The number of amides is 1. The molecular weight excluding hydrogens is 469 g/mol. The number of halogens is 3. The van der Waals surface area contributed by atoms with Gasteiger partial charge in [0, 0.05) is 21.0 Å². The van der Waals surface area contributed by atoms with Crippen LogP contribution in [0.3, 0.4) is 0 Å². The molecule has 0 fully saturated rings. The fourth-order valence-electron chi connectivity index (χ4n) is 2.71. The Morgan fingerprint density at radius 2 is 1.79 bits per heavy atom. The van der Waals surface area contributed by atoms with Crippen molar-refractivity contribution in [2.75, 3.05) is 11.1 Å². The summed E-state index contributed by atoms with van der Waals surface area (Å²) in [6.07, 6.45) is 1.51. The van der Waals surface area contributed by atoms with Crippen LogP contribution in [0.4, 0.5) is 5.69 Å². The molecule has 2 aromatic carbocycles. The summed E-state index contributed by atoms with van der Waals surface area (Å²) in [7, 11) is 0. The van der Waals surface area contributed by atoms with Gasteiger partial charge in [-0.2, -0.15) is 0 Å². The SMILES string of the molecule is O=C(CSc1ncnc2scc(-c3ccc(Cl)cc3)c12)Nc1ccc(Cl)cc1Cl. The highest BCUT2D eigenvalue weighted by molar-refractivity contribution is 8.00. The first-order chi connectivity index (χ1) is 14.0. The van der Waals surface area contributed by atoms with E-state index in [1.54, 1.807) is 18.2 Å². The molecule has 0 saturated heterocycles. The molecule has 4 nitrogen and oxygen atoms in total. The van der Waals surface area contributed by atoms with Crippen LogP contribution in [-0.2, 0) is 4.79 Å². The lowest BCUT2D eigenvalue weighted by Gasteiger charge is -2.08. The Bertz CT molecular complexity index is 1200. The summed E-state index contributed by atoms with van der Waals surface area (Å²) in [5.74, 6) is -0.00435. The predicted molar refractivity (Wildman–Crippen MR) is 124 cm³/mol. The third-order valence-electron chi connectivity index (χ3n) is 4.04. The molecule has 2 heterocycles. The number of carbonyl (C=O) groups is 1. The molecule has 0 unspecified atom stereocenters. The Hall–Kier alpha value is -1.83. The van der Waals surface area contributed by atoms with E-state index in [2.05, 4.69) is 15.3 Å². The minimum absolute atomic E-state index is 0.182. The van der Waals surface area contributed by atoms with Gasteiger partial charge in [-0.1, -0.05) is 58.7 Å². The Balaban J connectivity index is 1.55. The van der Waals surface area contributed by atoms with E-state index in [4.69, 9.17) is 34.8 Å². The van der Waals surface area contributed by atoms with Gasteiger partial charge in [-0.3, -0.25) is 4.79 Å². The summed E-state index contributed by atoms with van der Waals surface area (Å²) >= 11 is 20.9. The molecule has 1 amide bonds. The number of thioether (sulfide) groups is 1. The lowest BCUT2D eigenvalue weighted by Crippen LogP contribution is -2.14. The second-order valence-electron chi connectivity index (χ2n) is 5.98. The van der Waals surface area contributed by atoms with Crippen molar-refractivity contribution >= 4 is 79.7 Å². The molecule has 0 atom stereocenters. The number of thiophene rings is 1. The quantitative estimate of drug-likeness (QED) is 0.246. The van der Waals surface area contributed by atoms with Crippen molar-refractivity contribution in [2.24, 2.45) is 0 Å². The van der Waals surface area contributed by atoms with Gasteiger partial charge in [0.2, 0.25) is 5.91 Å². The van der Waals surface area contributed by atoms with Gasteiger partial charge in [0.1, 0.15) is 16.2 Å². The van der Waals surface area contributed by atoms with E-state index in [9.17, 15) is 4.79 Å². The topological polar surface area (TPSA) is 54.9 Å². The number of rotatable bonds is 5. The predicted octanol–water partition coefficient (Wildman–Crippen LogP) is 7.05. The molecule has 0 saturated carbocycles. The van der Waals surface area contributed by atoms with Crippen molar-refractivity contribution in [1.82, 2.24) is 9.97 Å². The van der Waals surface area contributed by atoms with Gasteiger partial charge >= 0.3 is 0 Å². The zero-order valence-electron chi connectivity index (χ0n) is 14.7. The molecule has 0 aliphatic heterocycles. The number of nitrogens with one attached hydrogen (secondary N) is 1. The van der Waals surface area contributed by atoms with E-state index < -0.39 is 0 Å². The van der Waals surface area contributed by atoms with Crippen LogP contribution in [0.2, 0.25) is 15.1 Å². The molecule has 4 aromatic rings. The average molecular weight is 481 g/mol. The van der Waals surface area contributed by atoms with E-state index in [1.807, 2.05) is 29.6 Å². The highest BCUT2D eigenvalue weighted by atomic mass is 35.5. The van der Waals surface area contributed by atoms with Gasteiger partial charge in [-0.05, 0) is 35.9 Å². The molecule has 1 N–H and O–H groups in total. The second-order valence-corrected chi connectivity index (χ2v) is 9.08. The molecule has 29 heavy (non-hydrogen) atoms. The summed E-state index contributed by atoms with van der Waals surface area (Å²) < 4.78 is 0. The fraction of sp³-hybridized carbons (Fsp3) is 0.0500. The van der Waals surface area contributed by atoms with Gasteiger partial charge < -0.3 is 5.32 Å². The number of anilines is 1. The van der Waals surface area contributed by atoms with Gasteiger partial charge in [0.25, 0.3) is 0 Å². The molecule has 2 aromatic heterocycles. The van der Waals surface area contributed by atoms with Gasteiger partial charge in [0.15, 0.2) is 0 Å². The van der Waals surface area contributed by atoms with Crippen LogP contribution in [0, 0.1) is 0 Å². The smallest absolute Gasteiger partial charge is 0.234 e. The standard InChI is InChI=1S/C20H12Cl3N3OS2/c21-12-3-1-11(2-4-12)14-8-28-19-18(14)20(25-10-24-19)29-9-17(27)26-16-6-5-13(22)7-15(16)23/h1-8,10H,9H2,(H,26,27). The molecule has 146 valence electrons. The van der Waals surface area contributed by atoms with E-state index in [-0.39, 0.29) is 11.7 Å². The van der Waals surface area contributed by atoms with Crippen LogP contribution in [0.5, 0.6) is 0 Å². The van der Waals surface area contributed by atoms with Gasteiger partial charge in [-0.15, -0.1) is 11.3 Å². The van der Waals surface area contributed by atoms with Crippen molar-refractivity contribution in [3.05, 3.63) is 69.2 Å². The summed E-state index contributed by atoms with van der Waals surface area (Å²) in [6.45, 7) is 0. The summed E-state index contributed by atoms with van der Waals surface area (Å²) in [6, 6.07) is 12.5. The number of nitrogens with zero attached hydrogens (tertiary/aromatic N) is 2. The Labute approximate surface area is 190 Å².